The molecule has 0 bridgehead atoms. The molecular formula is C99H172O16P2. The number of hydrogen-bond acceptors (Lipinski definition) is 14. The van der Waals surface area contributed by atoms with Crippen molar-refractivity contribution in [3.8, 4) is 0 Å². The number of unbranched alkanes of at least 4 members (excludes halogenated alkanes) is 42. The molecule has 18 heteroatoms. The number of hydrogen-bond donors (Lipinski definition) is 4. The van der Waals surface area contributed by atoms with E-state index in [0.29, 0.717) is 19.3 Å². The van der Waals surface area contributed by atoms with Crippen LogP contribution in [0.15, 0.2) is 146 Å². The van der Waals surface area contributed by atoms with Crippen LogP contribution in [0.2, 0.25) is 0 Å². The van der Waals surface area contributed by atoms with Crippen LogP contribution in [0.3, 0.4) is 0 Å². The summed E-state index contributed by atoms with van der Waals surface area (Å²) in [6.45, 7) is 2.48. The van der Waals surface area contributed by atoms with Crippen molar-refractivity contribution in [2.75, 3.05) is 39.6 Å². The highest BCUT2D eigenvalue weighted by Crippen LogP contribution is 2.45. The van der Waals surface area contributed by atoms with Crippen LogP contribution in [0.4, 0.5) is 0 Å². The second kappa shape index (κ2) is 90.7. The number of carbonyl (C=O) groups is 3. The molecule has 0 radical (unpaired) electrons. The molecule has 0 fully saturated rings. The molecule has 0 rings (SSSR count). The molecule has 0 saturated carbocycles. The third-order valence-electron chi connectivity index (χ3n) is 20.0. The van der Waals surface area contributed by atoms with E-state index in [4.69, 9.17) is 32.3 Å². The first-order valence-electron chi connectivity index (χ1n) is 47.1. The lowest BCUT2D eigenvalue weighted by Gasteiger charge is -2.21. The van der Waals surface area contributed by atoms with Gasteiger partial charge in [0.1, 0.15) is 25.4 Å². The summed E-state index contributed by atoms with van der Waals surface area (Å²) in [5.41, 5.74) is 0. The van der Waals surface area contributed by atoms with Crippen molar-refractivity contribution < 1.29 is 75.8 Å². The Labute approximate surface area is 715 Å². The standard InChI is InChI=1S/C99H172O16P2/c1-4-7-10-13-16-19-22-25-28-31-33-35-37-39-41-43-44-45-46-47-48-50-52-53-55-57-59-62-64-67-70-73-76-79-82-85-97(102)109-88-94(100)89-111-116(105,106)112-90-95(101)91-113-117(107,108)114-93-96(115-99(104)87-84-81-78-75-72-69-66-61-30-27-24-21-18-15-12-9-6-3)92-110-98(103)86-83-80-77-74-71-68-65-63-60-58-56-54-51-49-42-40-38-36-34-32-29-26-23-20-17-14-11-8-5-2/h8-9,11-12,16-21,25-30,33-36,39-42,94-96,100-101H,4-7,10,13-15,22-24,31-32,37-38,43-93H2,1-3H3,(H,105,106)(H,107,108)/b11-8-,12-9-,19-16-,20-17-,21-18-,28-25-,29-26-,30-27-,35-33-,36-34-,41-39-,42-40-. The number of carbonyl (C=O) groups excluding carboxylic acids is 3. The Hall–Kier alpha value is -4.57. The second-order valence-corrected chi connectivity index (χ2v) is 34.3. The third kappa shape index (κ3) is 92.0. The van der Waals surface area contributed by atoms with Crippen molar-refractivity contribution in [2.45, 2.75) is 424 Å². The lowest BCUT2D eigenvalue weighted by molar-refractivity contribution is -0.161. The second-order valence-electron chi connectivity index (χ2n) is 31.4. The van der Waals surface area contributed by atoms with Crippen LogP contribution in [-0.4, -0.2) is 95.9 Å². The van der Waals surface area contributed by atoms with E-state index in [-0.39, 0.29) is 19.3 Å². The Morgan fingerprint density at radius 3 is 0.718 bits per heavy atom. The molecule has 0 aromatic heterocycles. The van der Waals surface area contributed by atoms with E-state index >= 15 is 0 Å². The number of phosphoric ester groups is 2. The van der Waals surface area contributed by atoms with Gasteiger partial charge in [-0.05, 0) is 141 Å². The van der Waals surface area contributed by atoms with E-state index in [1.807, 2.05) is 0 Å². The molecule has 4 N–H and O–H groups in total. The van der Waals surface area contributed by atoms with Crippen molar-refractivity contribution in [2.24, 2.45) is 0 Å². The predicted octanol–water partition coefficient (Wildman–Crippen LogP) is 29.1. The summed E-state index contributed by atoms with van der Waals surface area (Å²) in [4.78, 5) is 59.0. The van der Waals surface area contributed by atoms with Gasteiger partial charge in [-0.25, -0.2) is 9.13 Å². The Bertz CT molecular complexity index is 2710. The molecule has 0 aromatic rings. The normalized spacial score (nSPS) is 14.4. The Morgan fingerprint density at radius 2 is 0.453 bits per heavy atom. The van der Waals surface area contributed by atoms with Gasteiger partial charge in [-0.1, -0.05) is 391 Å². The van der Waals surface area contributed by atoms with Crippen LogP contribution in [0.1, 0.15) is 406 Å². The quantitative estimate of drug-likeness (QED) is 0.0146. The van der Waals surface area contributed by atoms with Crippen molar-refractivity contribution in [3.05, 3.63) is 146 Å². The molecule has 0 aliphatic heterocycles. The van der Waals surface area contributed by atoms with Gasteiger partial charge in [-0.3, -0.25) is 32.5 Å². The molecule has 0 spiro atoms. The van der Waals surface area contributed by atoms with Gasteiger partial charge < -0.3 is 34.2 Å². The molecule has 16 nitrogen and oxygen atoms in total. The van der Waals surface area contributed by atoms with E-state index in [1.54, 1.807) is 0 Å². The summed E-state index contributed by atoms with van der Waals surface area (Å²) < 4.78 is 61.5. The molecular weight excluding hydrogens is 1510 g/mol. The number of aliphatic hydroxyl groups excluding tert-OH is 2. The van der Waals surface area contributed by atoms with Crippen LogP contribution >= 0.6 is 15.6 Å². The minimum atomic E-state index is -4.94. The van der Waals surface area contributed by atoms with Crippen molar-refractivity contribution in [3.63, 3.8) is 0 Å². The van der Waals surface area contributed by atoms with Crippen LogP contribution < -0.4 is 0 Å². The Kier molecular flexibility index (Phi) is 87.1. The highest BCUT2D eigenvalue weighted by molar-refractivity contribution is 7.47. The van der Waals surface area contributed by atoms with Gasteiger partial charge in [-0.2, -0.15) is 0 Å². The topological polar surface area (TPSA) is 231 Å². The average molecular weight is 1680 g/mol. The molecule has 5 atom stereocenters. The van der Waals surface area contributed by atoms with Crippen LogP contribution in [0, 0.1) is 0 Å². The van der Waals surface area contributed by atoms with Crippen molar-refractivity contribution in [1.29, 1.82) is 0 Å². The van der Waals surface area contributed by atoms with Gasteiger partial charge in [-0.15, -0.1) is 0 Å². The molecule has 674 valence electrons. The van der Waals surface area contributed by atoms with E-state index in [9.17, 15) is 43.5 Å². The molecule has 0 amide bonds. The third-order valence-corrected chi connectivity index (χ3v) is 21.9. The lowest BCUT2D eigenvalue weighted by atomic mass is 10.0. The average Bonchev–Trinajstić information content (AvgIpc) is 0.876. The first kappa shape index (κ1) is 112. The van der Waals surface area contributed by atoms with E-state index in [2.05, 4.69) is 167 Å². The van der Waals surface area contributed by atoms with Gasteiger partial charge in [0.05, 0.1) is 26.4 Å². The number of phosphoric acid groups is 2. The van der Waals surface area contributed by atoms with E-state index in [0.717, 1.165) is 167 Å². The van der Waals surface area contributed by atoms with Crippen LogP contribution in [0.5, 0.6) is 0 Å². The molecule has 117 heavy (non-hydrogen) atoms. The minimum absolute atomic E-state index is 0.0915. The maximum Gasteiger partial charge on any atom is 0.472 e. The summed E-state index contributed by atoms with van der Waals surface area (Å²) in [6, 6.07) is 0. The zero-order chi connectivity index (χ0) is 85.1. The largest absolute Gasteiger partial charge is 0.472 e. The molecule has 0 heterocycles. The Morgan fingerprint density at radius 1 is 0.248 bits per heavy atom. The lowest BCUT2D eigenvalue weighted by Crippen LogP contribution is -2.30. The van der Waals surface area contributed by atoms with Crippen LogP contribution in [0.25, 0.3) is 0 Å². The zero-order valence-corrected chi connectivity index (χ0v) is 76.1. The van der Waals surface area contributed by atoms with E-state index in [1.165, 1.54) is 180 Å². The monoisotopic (exact) mass is 1680 g/mol. The summed E-state index contributed by atoms with van der Waals surface area (Å²) in [6.07, 6.45) is 115. The maximum absolute atomic E-state index is 13.0. The SMILES string of the molecule is CC/C=C\C/C=C\C/C=C\C/C=C\C/C=C\CCCCCCCCCCCCCCCC(=O)OCC(COP(=O)(O)OCC(O)COP(=O)(O)OCC(O)COC(=O)CCCCCCCCCCCCCCCCCCCCC/C=C\C/C=C\C/C=C\C/C=C\CCCCC)OC(=O)CCCCCCCCC/C=C\C/C=C\C/C=C\CC. The van der Waals surface area contributed by atoms with Crippen molar-refractivity contribution >= 4 is 33.6 Å². The minimum Gasteiger partial charge on any atom is -0.463 e. The zero-order valence-electron chi connectivity index (χ0n) is 74.3. The number of ether oxygens (including phenoxy) is 3. The molecule has 5 unspecified atom stereocenters. The smallest absolute Gasteiger partial charge is 0.463 e. The van der Waals surface area contributed by atoms with Gasteiger partial charge in [0.25, 0.3) is 0 Å². The fourth-order valence-corrected chi connectivity index (χ4v) is 14.5. The highest BCUT2D eigenvalue weighted by atomic mass is 31.2. The van der Waals surface area contributed by atoms with Gasteiger partial charge in [0.15, 0.2) is 6.10 Å². The summed E-state index contributed by atoms with van der Waals surface area (Å²) >= 11 is 0. The predicted molar refractivity (Wildman–Crippen MR) is 491 cm³/mol. The molecule has 0 aliphatic carbocycles. The van der Waals surface area contributed by atoms with Gasteiger partial charge >= 0.3 is 33.6 Å². The van der Waals surface area contributed by atoms with Crippen LogP contribution in [-0.2, 0) is 55.8 Å². The maximum atomic E-state index is 13.0. The summed E-state index contributed by atoms with van der Waals surface area (Å²) in [7, 11) is -9.81. The molecule has 0 aliphatic rings. The molecule has 0 aromatic carbocycles. The summed E-state index contributed by atoms with van der Waals surface area (Å²) in [5, 5.41) is 20.7. The number of esters is 3. The fourth-order valence-electron chi connectivity index (χ4n) is 13.0. The van der Waals surface area contributed by atoms with Crippen molar-refractivity contribution in [1.82, 2.24) is 0 Å². The molecule has 0 saturated heterocycles. The van der Waals surface area contributed by atoms with Gasteiger partial charge in [0.2, 0.25) is 0 Å². The highest BCUT2D eigenvalue weighted by Gasteiger charge is 2.30. The summed E-state index contributed by atoms with van der Waals surface area (Å²) in [5.74, 6) is -1.57. The fraction of sp³-hybridized carbons (Fsp3) is 0.727. The first-order valence-corrected chi connectivity index (χ1v) is 50.1. The van der Waals surface area contributed by atoms with E-state index < -0.39 is 91.5 Å². The number of rotatable bonds is 89. The number of allylic oxidation sites excluding steroid dienone is 24. The first-order chi connectivity index (χ1) is 57.2. The number of aliphatic hydroxyl groups is 2. The Balaban J connectivity index is 4.46. The van der Waals surface area contributed by atoms with Gasteiger partial charge in [0, 0.05) is 19.3 Å².